The number of aromatic amines is 1. The van der Waals surface area contributed by atoms with Crippen molar-refractivity contribution in [1.82, 2.24) is 9.97 Å². The summed E-state index contributed by atoms with van der Waals surface area (Å²) in [6.07, 6.45) is 3.67. The first kappa shape index (κ1) is 15.6. The molecule has 0 aliphatic rings. The first-order valence-corrected chi connectivity index (χ1v) is 7.54. The molecular weight excluding hydrogens is 335 g/mol. The van der Waals surface area contributed by atoms with E-state index in [1.54, 1.807) is 30.3 Å². The molecule has 3 rings (SSSR count). The van der Waals surface area contributed by atoms with Crippen LogP contribution in [-0.4, -0.2) is 23.0 Å². The Labute approximate surface area is 142 Å². The molecule has 23 heavy (non-hydrogen) atoms. The second-order valence-corrected chi connectivity index (χ2v) is 5.64. The van der Waals surface area contributed by atoms with Gasteiger partial charge >= 0.3 is 5.97 Å². The van der Waals surface area contributed by atoms with Gasteiger partial charge < -0.3 is 9.72 Å². The lowest BCUT2D eigenvalue weighted by Gasteiger charge is -1.98. The van der Waals surface area contributed by atoms with Gasteiger partial charge in [0.1, 0.15) is 11.3 Å². The van der Waals surface area contributed by atoms with Crippen molar-refractivity contribution in [1.29, 1.82) is 0 Å². The molecule has 0 aliphatic carbocycles. The summed E-state index contributed by atoms with van der Waals surface area (Å²) in [5, 5.41) is 1.00. The van der Waals surface area contributed by atoms with Gasteiger partial charge in [-0.15, -0.1) is 0 Å². The number of hydrogen-bond donors (Lipinski definition) is 1. The standard InChI is InChI=1S/C17H12Cl2N2O2/c1-23-17(22)11-3-2-4-14-16(11)21-15(20-14)8-6-10-5-7-12(18)13(19)9-10/h2-9H,1H3,(H,20,21)/b8-6+. The van der Waals surface area contributed by atoms with E-state index in [1.165, 1.54) is 7.11 Å². The fourth-order valence-electron chi connectivity index (χ4n) is 2.20. The molecule has 1 N–H and O–H groups in total. The van der Waals surface area contributed by atoms with Gasteiger partial charge in [0, 0.05) is 0 Å². The Morgan fingerprint density at radius 1 is 1.17 bits per heavy atom. The number of benzene rings is 2. The number of nitrogens with one attached hydrogen (secondary N) is 1. The highest BCUT2D eigenvalue weighted by Crippen LogP contribution is 2.24. The van der Waals surface area contributed by atoms with E-state index in [1.807, 2.05) is 18.2 Å². The molecule has 4 nitrogen and oxygen atoms in total. The Balaban J connectivity index is 1.96. The summed E-state index contributed by atoms with van der Waals surface area (Å²) in [5.74, 6) is 0.213. The number of H-pyrrole nitrogens is 1. The van der Waals surface area contributed by atoms with E-state index >= 15 is 0 Å². The van der Waals surface area contributed by atoms with Gasteiger partial charge in [0.25, 0.3) is 0 Å². The summed E-state index contributed by atoms with van der Waals surface area (Å²) in [7, 11) is 1.35. The van der Waals surface area contributed by atoms with Crippen molar-refractivity contribution in [3.8, 4) is 0 Å². The van der Waals surface area contributed by atoms with E-state index in [2.05, 4.69) is 9.97 Å². The third kappa shape index (κ3) is 3.23. The second-order valence-electron chi connectivity index (χ2n) is 4.82. The molecule has 0 radical (unpaired) electrons. The molecule has 6 heteroatoms. The van der Waals surface area contributed by atoms with Crippen LogP contribution in [-0.2, 0) is 4.74 Å². The molecule has 0 amide bonds. The monoisotopic (exact) mass is 346 g/mol. The number of halogens is 2. The van der Waals surface area contributed by atoms with Gasteiger partial charge in [-0.05, 0) is 35.9 Å². The van der Waals surface area contributed by atoms with Crippen LogP contribution in [0.2, 0.25) is 10.0 Å². The SMILES string of the molecule is COC(=O)c1cccc2[nH]c(/C=C/c3ccc(Cl)c(Cl)c3)nc12. The number of methoxy groups -OCH3 is 1. The van der Waals surface area contributed by atoms with Gasteiger partial charge in [-0.2, -0.15) is 0 Å². The predicted molar refractivity (Wildman–Crippen MR) is 92.8 cm³/mol. The number of fused-ring (bicyclic) bond motifs is 1. The zero-order valence-corrected chi connectivity index (χ0v) is 13.7. The summed E-state index contributed by atoms with van der Waals surface area (Å²) in [6.45, 7) is 0. The Bertz CT molecular complexity index is 916. The van der Waals surface area contributed by atoms with Crippen LogP contribution in [0.1, 0.15) is 21.7 Å². The Hall–Kier alpha value is -2.30. The van der Waals surface area contributed by atoms with Crippen LogP contribution < -0.4 is 0 Å². The van der Waals surface area contributed by atoms with Crippen LogP contribution in [0.5, 0.6) is 0 Å². The summed E-state index contributed by atoms with van der Waals surface area (Å²) >= 11 is 11.9. The zero-order valence-electron chi connectivity index (χ0n) is 12.1. The number of esters is 1. The normalized spacial score (nSPS) is 11.3. The smallest absolute Gasteiger partial charge is 0.340 e. The van der Waals surface area contributed by atoms with Gasteiger partial charge in [-0.3, -0.25) is 0 Å². The summed E-state index contributed by atoms with van der Waals surface area (Å²) in [4.78, 5) is 19.3. The molecule has 116 valence electrons. The molecule has 0 aliphatic heterocycles. The van der Waals surface area contributed by atoms with E-state index in [-0.39, 0.29) is 0 Å². The number of carbonyl (C=O) groups is 1. The Morgan fingerprint density at radius 2 is 2.00 bits per heavy atom. The first-order chi connectivity index (χ1) is 11.1. The number of aromatic nitrogens is 2. The summed E-state index contributed by atoms with van der Waals surface area (Å²) in [6, 6.07) is 10.7. The van der Waals surface area contributed by atoms with Crippen molar-refractivity contribution in [3.63, 3.8) is 0 Å². The molecule has 0 atom stereocenters. The summed E-state index contributed by atoms with van der Waals surface area (Å²) in [5.41, 5.74) is 2.67. The third-order valence-corrected chi connectivity index (χ3v) is 4.05. The highest BCUT2D eigenvalue weighted by atomic mass is 35.5. The van der Waals surface area contributed by atoms with Crippen molar-refractivity contribution in [2.45, 2.75) is 0 Å². The average Bonchev–Trinajstić information content (AvgIpc) is 2.98. The summed E-state index contributed by atoms with van der Waals surface area (Å²) < 4.78 is 4.77. The maximum absolute atomic E-state index is 11.8. The first-order valence-electron chi connectivity index (χ1n) is 6.78. The van der Waals surface area contributed by atoms with E-state index < -0.39 is 5.97 Å². The van der Waals surface area contributed by atoms with E-state index in [0.29, 0.717) is 26.9 Å². The topological polar surface area (TPSA) is 55.0 Å². The minimum absolute atomic E-state index is 0.415. The lowest BCUT2D eigenvalue weighted by atomic mass is 10.2. The average molecular weight is 347 g/mol. The van der Waals surface area contributed by atoms with Crippen LogP contribution in [0.4, 0.5) is 0 Å². The molecular formula is C17H12Cl2N2O2. The molecule has 0 spiro atoms. The molecule has 1 aromatic heterocycles. The van der Waals surface area contributed by atoms with Crippen LogP contribution in [0.25, 0.3) is 23.2 Å². The Morgan fingerprint density at radius 3 is 2.74 bits per heavy atom. The third-order valence-electron chi connectivity index (χ3n) is 3.31. The van der Waals surface area contributed by atoms with Crippen molar-refractivity contribution in [2.24, 2.45) is 0 Å². The van der Waals surface area contributed by atoms with Crippen molar-refractivity contribution < 1.29 is 9.53 Å². The molecule has 0 saturated heterocycles. The number of hydrogen-bond acceptors (Lipinski definition) is 3. The van der Waals surface area contributed by atoms with Gasteiger partial charge in [0.15, 0.2) is 0 Å². The number of rotatable bonds is 3. The molecule has 0 saturated carbocycles. The lowest BCUT2D eigenvalue weighted by molar-refractivity contribution is 0.0603. The lowest BCUT2D eigenvalue weighted by Crippen LogP contribution is -2.01. The van der Waals surface area contributed by atoms with Gasteiger partial charge in [0.2, 0.25) is 0 Å². The number of para-hydroxylation sites is 1. The van der Waals surface area contributed by atoms with Crippen molar-refractivity contribution in [2.75, 3.05) is 7.11 Å². The molecule has 2 aromatic carbocycles. The maximum Gasteiger partial charge on any atom is 0.340 e. The van der Waals surface area contributed by atoms with Crippen LogP contribution in [0, 0.1) is 0 Å². The fourth-order valence-corrected chi connectivity index (χ4v) is 2.50. The highest BCUT2D eigenvalue weighted by Gasteiger charge is 2.12. The minimum Gasteiger partial charge on any atom is -0.465 e. The van der Waals surface area contributed by atoms with Crippen LogP contribution >= 0.6 is 23.2 Å². The number of imidazole rings is 1. The predicted octanol–water partition coefficient (Wildman–Crippen LogP) is 4.83. The fraction of sp³-hybridized carbons (Fsp3) is 0.0588. The molecule has 1 heterocycles. The van der Waals surface area contributed by atoms with E-state index in [0.717, 1.165) is 11.1 Å². The second kappa shape index (κ2) is 6.44. The van der Waals surface area contributed by atoms with E-state index in [4.69, 9.17) is 27.9 Å². The molecule has 0 fully saturated rings. The van der Waals surface area contributed by atoms with Gasteiger partial charge in [-0.1, -0.05) is 41.4 Å². The molecule has 3 aromatic rings. The maximum atomic E-state index is 11.8. The van der Waals surface area contributed by atoms with Gasteiger partial charge in [-0.25, -0.2) is 9.78 Å². The van der Waals surface area contributed by atoms with E-state index in [9.17, 15) is 4.79 Å². The zero-order chi connectivity index (χ0) is 16.4. The van der Waals surface area contributed by atoms with Gasteiger partial charge in [0.05, 0.1) is 28.2 Å². The van der Waals surface area contributed by atoms with Crippen LogP contribution in [0.3, 0.4) is 0 Å². The Kier molecular flexibility index (Phi) is 4.37. The van der Waals surface area contributed by atoms with Crippen molar-refractivity contribution >= 4 is 52.4 Å². The number of carbonyl (C=O) groups excluding carboxylic acids is 1. The quantitative estimate of drug-likeness (QED) is 0.691. The largest absolute Gasteiger partial charge is 0.465 e. The highest BCUT2D eigenvalue weighted by molar-refractivity contribution is 6.42. The minimum atomic E-state index is -0.415. The number of nitrogens with zero attached hydrogens (tertiary/aromatic N) is 1. The number of ether oxygens (including phenoxy) is 1. The molecule has 0 bridgehead atoms. The van der Waals surface area contributed by atoms with Crippen molar-refractivity contribution in [3.05, 3.63) is 63.4 Å². The van der Waals surface area contributed by atoms with Crippen LogP contribution in [0.15, 0.2) is 36.4 Å². The molecule has 0 unspecified atom stereocenters.